The summed E-state index contributed by atoms with van der Waals surface area (Å²) >= 11 is 0. The highest BCUT2D eigenvalue weighted by molar-refractivity contribution is 6.05. The molecule has 40 heavy (non-hydrogen) atoms. The van der Waals surface area contributed by atoms with Gasteiger partial charge in [0.05, 0.1) is 23.1 Å². The lowest BCUT2D eigenvalue weighted by molar-refractivity contribution is -0.138. The number of halogens is 3. The zero-order valence-corrected chi connectivity index (χ0v) is 23.7. The average molecular weight is 557 g/mol. The number of hydrazine groups is 2. The molecule has 1 aliphatic rings. The number of nitrogens with one attached hydrogen (secondary N) is 3. The molecule has 2 aromatic carbocycles. The highest BCUT2D eigenvalue weighted by Crippen LogP contribution is 2.38. The molecule has 0 unspecified atom stereocenters. The van der Waals surface area contributed by atoms with Crippen molar-refractivity contribution >= 4 is 28.7 Å². The number of aromatic nitrogens is 2. The second-order valence-corrected chi connectivity index (χ2v) is 9.96. The van der Waals surface area contributed by atoms with Crippen LogP contribution in [0, 0.1) is 20.8 Å². The van der Waals surface area contributed by atoms with Gasteiger partial charge < -0.3 is 15.5 Å². The molecule has 0 atom stereocenters. The van der Waals surface area contributed by atoms with Crippen LogP contribution in [0.3, 0.4) is 0 Å². The summed E-state index contributed by atoms with van der Waals surface area (Å²) in [5, 5.41) is 13.7. The van der Waals surface area contributed by atoms with Gasteiger partial charge in [-0.05, 0) is 63.2 Å². The third kappa shape index (κ3) is 5.77. The summed E-state index contributed by atoms with van der Waals surface area (Å²) in [4.78, 5) is 15.0. The van der Waals surface area contributed by atoms with Crippen LogP contribution >= 0.6 is 0 Å². The van der Waals surface area contributed by atoms with Crippen LogP contribution in [0.25, 0.3) is 5.70 Å². The summed E-state index contributed by atoms with van der Waals surface area (Å²) in [5.41, 5.74) is 7.84. The first-order chi connectivity index (χ1) is 18.8. The Labute approximate surface area is 232 Å². The average Bonchev–Trinajstić information content (AvgIpc) is 3.43. The zero-order chi connectivity index (χ0) is 29.4. The first kappa shape index (κ1) is 29.0. The molecule has 0 bridgehead atoms. The Hall–Kier alpha value is -4.03. The second-order valence-electron chi connectivity index (χ2n) is 9.96. The third-order valence-corrected chi connectivity index (χ3v) is 7.16. The predicted molar refractivity (Wildman–Crippen MR) is 152 cm³/mol. The molecule has 0 saturated heterocycles. The number of amides is 1. The van der Waals surface area contributed by atoms with Crippen molar-refractivity contribution in [3.05, 3.63) is 76.2 Å². The number of benzene rings is 2. The van der Waals surface area contributed by atoms with Crippen LogP contribution in [0.2, 0.25) is 0 Å². The molecule has 1 aliphatic heterocycles. The number of aryl methyl sites for hydroxylation is 2. The van der Waals surface area contributed by atoms with Crippen molar-refractivity contribution in [1.29, 1.82) is 0 Å². The summed E-state index contributed by atoms with van der Waals surface area (Å²) in [6.45, 7) is 6.44. The van der Waals surface area contributed by atoms with E-state index in [1.807, 2.05) is 39.2 Å². The van der Waals surface area contributed by atoms with Gasteiger partial charge in [0.15, 0.2) is 0 Å². The van der Waals surface area contributed by atoms with E-state index in [0.29, 0.717) is 24.3 Å². The zero-order valence-electron chi connectivity index (χ0n) is 23.7. The number of anilines is 3. The van der Waals surface area contributed by atoms with Gasteiger partial charge in [0.1, 0.15) is 0 Å². The van der Waals surface area contributed by atoms with Crippen molar-refractivity contribution < 1.29 is 18.0 Å². The maximum atomic E-state index is 13.9. The molecule has 9 nitrogen and oxygen atoms in total. The molecule has 3 aromatic rings. The molecule has 0 spiro atoms. The van der Waals surface area contributed by atoms with Crippen molar-refractivity contribution in [1.82, 2.24) is 25.6 Å². The molecule has 0 saturated carbocycles. The summed E-state index contributed by atoms with van der Waals surface area (Å²) in [6, 6.07) is 7.73. The number of hydrogen-bond acceptors (Lipinski definition) is 7. The first-order valence-corrected chi connectivity index (χ1v) is 12.8. The van der Waals surface area contributed by atoms with Crippen molar-refractivity contribution in [3.63, 3.8) is 0 Å². The minimum Gasteiger partial charge on any atom is -0.373 e. The Kier molecular flexibility index (Phi) is 8.13. The Bertz CT molecular complexity index is 1450. The quantitative estimate of drug-likeness (QED) is 0.379. The summed E-state index contributed by atoms with van der Waals surface area (Å²) in [5.74, 6) is -0.512. The van der Waals surface area contributed by atoms with Crippen LogP contribution in [0.15, 0.2) is 42.7 Å². The molecule has 214 valence electrons. The number of nitrogens with zero attached hydrogens (tertiary/aromatic N) is 5. The van der Waals surface area contributed by atoms with Gasteiger partial charge in [-0.1, -0.05) is 6.07 Å². The van der Waals surface area contributed by atoms with E-state index in [1.54, 1.807) is 59.1 Å². The fourth-order valence-corrected chi connectivity index (χ4v) is 4.65. The fraction of sp³-hybridized carbons (Fsp3) is 0.357. The van der Waals surface area contributed by atoms with Crippen LogP contribution in [0.4, 0.5) is 30.2 Å². The Balaban J connectivity index is 1.64. The molecule has 0 fully saturated rings. The Morgan fingerprint density at radius 2 is 1.85 bits per heavy atom. The van der Waals surface area contributed by atoms with Crippen LogP contribution in [-0.4, -0.2) is 54.9 Å². The fourth-order valence-electron chi connectivity index (χ4n) is 4.65. The summed E-state index contributed by atoms with van der Waals surface area (Å²) in [7, 11) is 7.26. The van der Waals surface area contributed by atoms with E-state index in [-0.39, 0.29) is 11.3 Å². The number of alkyl halides is 3. The number of likely N-dealkylation sites (N-methyl/N-ethyl adjacent to an activating group) is 2. The smallest absolute Gasteiger partial charge is 0.373 e. The summed E-state index contributed by atoms with van der Waals surface area (Å²) < 4.78 is 43.5. The standard InChI is InChI=1S/C28H35F3N8O/c1-17-8-9-20(12-24(17)39-16-26(38(7)35-39)22-15-33-37(6)19(22)3)27(40)34-21-13-23(28(29,30)31)18(2)25(14-21)36(5)11-10-32-4/h8-9,12-16,32,35H,10-11H2,1-7H3,(H,34,40). The predicted octanol–water partition coefficient (Wildman–Crippen LogP) is 4.44. The van der Waals surface area contributed by atoms with E-state index in [1.165, 1.54) is 6.92 Å². The van der Waals surface area contributed by atoms with Gasteiger partial charge >= 0.3 is 6.18 Å². The molecule has 4 rings (SSSR count). The normalized spacial score (nSPS) is 13.6. The largest absolute Gasteiger partial charge is 0.416 e. The highest BCUT2D eigenvalue weighted by atomic mass is 19.4. The minimum absolute atomic E-state index is 0.0737. The van der Waals surface area contributed by atoms with E-state index in [0.717, 1.165) is 34.3 Å². The second kappa shape index (κ2) is 11.2. The van der Waals surface area contributed by atoms with Crippen LogP contribution < -0.4 is 26.1 Å². The number of hydrogen-bond donors (Lipinski definition) is 3. The number of carbonyl (C=O) groups is 1. The lowest BCUT2D eigenvalue weighted by atomic mass is 10.0. The lowest BCUT2D eigenvalue weighted by Gasteiger charge is -2.25. The monoisotopic (exact) mass is 556 g/mol. The van der Waals surface area contributed by atoms with Crippen LogP contribution in [0.1, 0.15) is 38.3 Å². The van der Waals surface area contributed by atoms with Gasteiger partial charge in [0, 0.05) is 68.6 Å². The van der Waals surface area contributed by atoms with E-state index >= 15 is 0 Å². The summed E-state index contributed by atoms with van der Waals surface area (Å²) in [6.07, 6.45) is -0.859. The third-order valence-electron chi connectivity index (χ3n) is 7.16. The van der Waals surface area contributed by atoms with Crippen LogP contribution in [-0.2, 0) is 13.2 Å². The van der Waals surface area contributed by atoms with Crippen molar-refractivity contribution in [2.75, 3.05) is 49.5 Å². The molecular formula is C28H35F3N8O. The van der Waals surface area contributed by atoms with Crippen molar-refractivity contribution in [2.24, 2.45) is 7.05 Å². The maximum Gasteiger partial charge on any atom is 0.416 e. The highest BCUT2D eigenvalue weighted by Gasteiger charge is 2.34. The number of carbonyl (C=O) groups excluding carboxylic acids is 1. The molecule has 1 amide bonds. The molecule has 12 heteroatoms. The molecule has 1 aromatic heterocycles. The topological polar surface area (TPSA) is 80.7 Å². The molecular weight excluding hydrogens is 521 g/mol. The van der Waals surface area contributed by atoms with Gasteiger partial charge in [-0.25, -0.2) is 0 Å². The van der Waals surface area contributed by atoms with Crippen molar-refractivity contribution in [2.45, 2.75) is 26.9 Å². The van der Waals surface area contributed by atoms with Gasteiger partial charge in [-0.15, -0.1) is 5.53 Å². The lowest BCUT2D eigenvalue weighted by Crippen LogP contribution is -2.38. The SMILES string of the molecule is CNCCN(C)c1cc(NC(=O)c2ccc(C)c(N3C=C(c4cnn(C)c4C)N(C)N3)c2)cc(C(F)(F)F)c1C. The van der Waals surface area contributed by atoms with Gasteiger partial charge in [0.2, 0.25) is 0 Å². The Morgan fingerprint density at radius 3 is 2.48 bits per heavy atom. The molecule has 0 aliphatic carbocycles. The number of rotatable bonds is 8. The van der Waals surface area contributed by atoms with Gasteiger partial charge in [-0.2, -0.15) is 18.3 Å². The molecule has 2 heterocycles. The van der Waals surface area contributed by atoms with Crippen molar-refractivity contribution in [3.8, 4) is 0 Å². The van der Waals surface area contributed by atoms with Gasteiger partial charge in [0.25, 0.3) is 5.91 Å². The molecule has 0 radical (unpaired) electrons. The van der Waals surface area contributed by atoms with E-state index in [9.17, 15) is 18.0 Å². The van der Waals surface area contributed by atoms with Crippen LogP contribution in [0.5, 0.6) is 0 Å². The van der Waals surface area contributed by atoms with E-state index < -0.39 is 17.6 Å². The minimum atomic E-state index is -4.56. The molecule has 3 N–H and O–H groups in total. The van der Waals surface area contributed by atoms with E-state index in [4.69, 9.17) is 0 Å². The first-order valence-electron chi connectivity index (χ1n) is 12.8. The Morgan fingerprint density at radius 1 is 1.12 bits per heavy atom. The maximum absolute atomic E-state index is 13.9. The van der Waals surface area contributed by atoms with E-state index in [2.05, 4.69) is 21.3 Å². The van der Waals surface area contributed by atoms with Gasteiger partial charge in [-0.3, -0.25) is 19.5 Å².